The van der Waals surface area contributed by atoms with Crippen LogP contribution >= 0.6 is 0 Å². The second-order valence-electron chi connectivity index (χ2n) is 8.93. The van der Waals surface area contributed by atoms with E-state index in [0.717, 1.165) is 78.4 Å². The van der Waals surface area contributed by atoms with Crippen LogP contribution in [0.5, 0.6) is 0 Å². The third-order valence-corrected chi connectivity index (χ3v) is 5.97. The Balaban J connectivity index is 1.64. The highest BCUT2D eigenvalue weighted by Gasteiger charge is 2.08. The van der Waals surface area contributed by atoms with E-state index in [1.165, 1.54) is 0 Å². The molecule has 0 aliphatic carbocycles. The van der Waals surface area contributed by atoms with E-state index < -0.39 is 0 Å². The van der Waals surface area contributed by atoms with Crippen LogP contribution in [-0.4, -0.2) is 66.1 Å². The van der Waals surface area contributed by atoms with Gasteiger partial charge in [-0.15, -0.1) is 0 Å². The van der Waals surface area contributed by atoms with Crippen LogP contribution in [0.1, 0.15) is 38.1 Å². The van der Waals surface area contributed by atoms with Crippen LogP contribution < -0.4 is 5.32 Å². The largest absolute Gasteiger partial charge is 0.382 e. The smallest absolute Gasteiger partial charge is 0.209 e. The maximum absolute atomic E-state index is 11.1. The average Bonchev–Trinajstić information content (AvgIpc) is 3.36. The van der Waals surface area contributed by atoms with Crippen LogP contribution in [-0.2, 0) is 11.3 Å². The molecule has 0 unspecified atom stereocenters. The van der Waals surface area contributed by atoms with Crippen LogP contribution in [0.15, 0.2) is 65.9 Å². The molecular formula is C29H38N6O. The number of benzene rings is 2. The topological polar surface area (TPSA) is 76.6 Å². The summed E-state index contributed by atoms with van der Waals surface area (Å²) < 4.78 is 0. The molecule has 190 valence electrons. The summed E-state index contributed by atoms with van der Waals surface area (Å²) in [5.74, 6) is 0.983. The number of aliphatic imine (C=N–C) groups is 1. The second-order valence-corrected chi connectivity index (χ2v) is 8.93. The van der Waals surface area contributed by atoms with Crippen molar-refractivity contribution in [2.45, 2.75) is 33.2 Å². The van der Waals surface area contributed by atoms with Gasteiger partial charge < -0.3 is 15.2 Å². The normalized spacial score (nSPS) is 11.5. The summed E-state index contributed by atoms with van der Waals surface area (Å²) in [4.78, 5) is 27.1. The van der Waals surface area contributed by atoms with Crippen molar-refractivity contribution in [2.24, 2.45) is 4.99 Å². The fraction of sp³-hybridized carbons (Fsp3) is 0.345. The van der Waals surface area contributed by atoms with Crippen molar-refractivity contribution in [1.82, 2.24) is 25.1 Å². The van der Waals surface area contributed by atoms with Gasteiger partial charge in [0.2, 0.25) is 6.41 Å². The Morgan fingerprint density at radius 3 is 2.25 bits per heavy atom. The van der Waals surface area contributed by atoms with Gasteiger partial charge in [0.25, 0.3) is 0 Å². The lowest BCUT2D eigenvalue weighted by Gasteiger charge is -2.18. The molecule has 2 N–H and O–H groups in total. The Kier molecular flexibility index (Phi) is 10.5. The summed E-state index contributed by atoms with van der Waals surface area (Å²) >= 11 is 0. The first-order valence-electron chi connectivity index (χ1n) is 12.6. The Labute approximate surface area is 215 Å². The van der Waals surface area contributed by atoms with Crippen molar-refractivity contribution in [3.8, 4) is 22.4 Å². The van der Waals surface area contributed by atoms with Gasteiger partial charge in [0.1, 0.15) is 5.82 Å². The number of nitrogens with zero attached hydrogens (tertiary/aromatic N) is 4. The second kappa shape index (κ2) is 14.0. The zero-order valence-corrected chi connectivity index (χ0v) is 21.7. The number of aromatic amines is 1. The van der Waals surface area contributed by atoms with E-state index in [4.69, 9.17) is 0 Å². The van der Waals surface area contributed by atoms with Crippen molar-refractivity contribution < 1.29 is 4.79 Å². The van der Waals surface area contributed by atoms with Crippen LogP contribution in [0, 0.1) is 0 Å². The van der Waals surface area contributed by atoms with Gasteiger partial charge in [0.05, 0.1) is 24.1 Å². The van der Waals surface area contributed by atoms with Crippen LogP contribution in [0.2, 0.25) is 0 Å². The minimum atomic E-state index is 0.642. The van der Waals surface area contributed by atoms with Crippen LogP contribution in [0.4, 0.5) is 0 Å². The third-order valence-electron chi connectivity index (χ3n) is 5.97. The molecule has 7 heteroatoms. The molecule has 2 aromatic carbocycles. The minimum absolute atomic E-state index is 0.642. The number of aromatic nitrogens is 2. The van der Waals surface area contributed by atoms with Crippen molar-refractivity contribution in [2.75, 3.05) is 33.2 Å². The molecule has 7 nitrogen and oxygen atoms in total. The Hall–Kier alpha value is -3.71. The summed E-state index contributed by atoms with van der Waals surface area (Å²) in [5.41, 5.74) is 6.34. The molecule has 0 saturated heterocycles. The highest BCUT2D eigenvalue weighted by atomic mass is 16.1. The molecule has 0 atom stereocenters. The molecule has 0 radical (unpaired) electrons. The summed E-state index contributed by atoms with van der Waals surface area (Å²) in [7, 11) is 2.11. The molecule has 0 aliphatic heterocycles. The predicted octanol–water partition coefficient (Wildman–Crippen LogP) is 5.04. The lowest BCUT2D eigenvalue weighted by Crippen LogP contribution is -2.31. The van der Waals surface area contributed by atoms with Gasteiger partial charge in [-0.05, 0) is 55.4 Å². The van der Waals surface area contributed by atoms with Gasteiger partial charge >= 0.3 is 0 Å². The lowest BCUT2D eigenvalue weighted by molar-refractivity contribution is -0.118. The van der Waals surface area contributed by atoms with E-state index in [-0.39, 0.29) is 0 Å². The predicted molar refractivity (Wildman–Crippen MR) is 150 cm³/mol. The molecule has 3 aromatic rings. The molecule has 36 heavy (non-hydrogen) atoms. The maximum atomic E-state index is 11.1. The van der Waals surface area contributed by atoms with E-state index in [1.807, 2.05) is 6.20 Å². The van der Waals surface area contributed by atoms with Crippen LogP contribution in [0.3, 0.4) is 0 Å². The molecule has 0 spiro atoms. The lowest BCUT2D eigenvalue weighted by atomic mass is 10.0. The van der Waals surface area contributed by atoms with E-state index in [0.29, 0.717) is 13.1 Å². The molecule has 0 aliphatic rings. The monoisotopic (exact) mass is 486 g/mol. The summed E-state index contributed by atoms with van der Waals surface area (Å²) in [6.07, 6.45) is 6.60. The van der Waals surface area contributed by atoms with Gasteiger partial charge in [0, 0.05) is 25.8 Å². The molecule has 1 amide bonds. The van der Waals surface area contributed by atoms with Crippen molar-refractivity contribution >= 4 is 18.8 Å². The van der Waals surface area contributed by atoms with Crippen LogP contribution in [0.25, 0.3) is 28.1 Å². The number of H-pyrrole nitrogens is 1. The summed E-state index contributed by atoms with van der Waals surface area (Å²) in [6, 6.07) is 16.9. The zero-order valence-electron chi connectivity index (χ0n) is 21.7. The van der Waals surface area contributed by atoms with E-state index in [1.54, 1.807) is 11.1 Å². The quantitative estimate of drug-likeness (QED) is 0.233. The zero-order chi connectivity index (χ0) is 25.8. The van der Waals surface area contributed by atoms with Gasteiger partial charge in [-0.25, -0.2) is 4.98 Å². The molecule has 0 bridgehead atoms. The Bertz CT molecular complexity index is 1120. The van der Waals surface area contributed by atoms with Gasteiger partial charge in [-0.3, -0.25) is 14.7 Å². The number of imidazole rings is 1. The standard InChI is InChI=1S/C29H38N6O/c1-5-16-34(4)21-29-32-20-28(33-29)26-13-9-24(10-14-26)23-7-11-25(12-8-23)27(19-30-3)31-15-18-35(22-36)17-6-2/h7-14,19-20,22,31H,3,5-6,15-18,21H2,1-2,4H3,(H,32,33)/b27-19-. The first-order valence-corrected chi connectivity index (χ1v) is 12.6. The molecule has 0 saturated carbocycles. The summed E-state index contributed by atoms with van der Waals surface area (Å²) in [6.45, 7) is 11.8. The van der Waals surface area contributed by atoms with Crippen molar-refractivity contribution in [1.29, 1.82) is 0 Å². The number of hydrogen-bond donors (Lipinski definition) is 2. The number of hydrogen-bond acceptors (Lipinski definition) is 5. The SMILES string of the molecule is C=N/C=C(\NCCN(C=O)CCC)c1ccc(-c2ccc(-c3cnc(CN(C)CCC)[nH]3)cc2)cc1. The third kappa shape index (κ3) is 7.65. The highest BCUT2D eigenvalue weighted by molar-refractivity contribution is 5.72. The first-order chi connectivity index (χ1) is 17.6. The van der Waals surface area contributed by atoms with E-state index in [9.17, 15) is 4.79 Å². The summed E-state index contributed by atoms with van der Waals surface area (Å²) in [5, 5.41) is 3.38. The number of carbonyl (C=O) groups excluding carboxylic acids is 1. The number of amides is 1. The fourth-order valence-electron chi connectivity index (χ4n) is 4.14. The van der Waals surface area contributed by atoms with Gasteiger partial charge in [-0.1, -0.05) is 62.4 Å². The molecular weight excluding hydrogens is 448 g/mol. The van der Waals surface area contributed by atoms with E-state index in [2.05, 4.69) is 101 Å². The molecule has 3 rings (SSSR count). The van der Waals surface area contributed by atoms with E-state index >= 15 is 0 Å². The molecule has 1 aromatic heterocycles. The fourth-order valence-corrected chi connectivity index (χ4v) is 4.14. The van der Waals surface area contributed by atoms with Gasteiger partial charge in [-0.2, -0.15) is 0 Å². The van der Waals surface area contributed by atoms with Gasteiger partial charge in [0.15, 0.2) is 0 Å². The number of nitrogens with one attached hydrogen (secondary N) is 2. The number of rotatable bonds is 15. The number of carbonyl (C=O) groups is 1. The minimum Gasteiger partial charge on any atom is -0.382 e. The maximum Gasteiger partial charge on any atom is 0.209 e. The first kappa shape index (κ1) is 26.9. The molecule has 1 heterocycles. The van der Waals surface area contributed by atoms with Crippen molar-refractivity contribution in [3.63, 3.8) is 0 Å². The average molecular weight is 487 g/mol. The van der Waals surface area contributed by atoms with Crippen molar-refractivity contribution in [3.05, 3.63) is 72.3 Å². The highest BCUT2D eigenvalue weighted by Crippen LogP contribution is 2.25. The Morgan fingerprint density at radius 1 is 1.00 bits per heavy atom. The Morgan fingerprint density at radius 2 is 1.64 bits per heavy atom. The molecule has 0 fully saturated rings.